The topological polar surface area (TPSA) is 98.6 Å². The first kappa shape index (κ1) is 17.4. The summed E-state index contributed by atoms with van der Waals surface area (Å²) in [7, 11) is 1.55. The number of nitrogens with one attached hydrogen (secondary N) is 2. The quantitative estimate of drug-likeness (QED) is 0.483. The summed E-state index contributed by atoms with van der Waals surface area (Å²) in [5.41, 5.74) is 5.79. The second-order valence-corrected chi connectivity index (χ2v) is 6.58. The fraction of sp³-hybridized carbons (Fsp3) is 0.471. The lowest BCUT2D eigenvalue weighted by molar-refractivity contribution is -1.02. The molecule has 0 bridgehead atoms. The molecule has 2 fully saturated rings. The number of piperazine rings is 1. The maximum absolute atomic E-state index is 12.8. The van der Waals surface area contributed by atoms with Crippen molar-refractivity contribution < 1.29 is 28.9 Å². The Morgan fingerprint density at radius 3 is 2.64 bits per heavy atom. The number of imide groups is 1. The molecule has 3 rings (SSSR count). The molecule has 0 aliphatic carbocycles. The molecule has 2 saturated heterocycles. The van der Waals surface area contributed by atoms with Gasteiger partial charge < -0.3 is 20.3 Å². The van der Waals surface area contributed by atoms with Crippen LogP contribution < -0.4 is 25.2 Å². The van der Waals surface area contributed by atoms with E-state index in [4.69, 9.17) is 10.5 Å². The molecular weight excluding hydrogens is 324 g/mol. The van der Waals surface area contributed by atoms with E-state index in [0.29, 0.717) is 18.0 Å². The summed E-state index contributed by atoms with van der Waals surface area (Å²) in [5.74, 6) is -0.0402. The maximum Gasteiger partial charge on any atom is 0.292 e. The molecule has 8 nitrogen and oxygen atoms in total. The number of carbonyl (C=O) groups excluding carboxylic acids is 3. The van der Waals surface area contributed by atoms with Crippen molar-refractivity contribution in [3.05, 3.63) is 24.3 Å². The van der Waals surface area contributed by atoms with Crippen LogP contribution >= 0.6 is 0 Å². The standard InChI is InChI=1S/C17H22N4O4/c1-25-13-4-2-3-12(9-13)21-16(23)10-14(17(21)24)20-7-5-19(6-8-20)11-15(18)22/h2-4,9,14H,5-8,10-11H2,1H3,(H2,18,22)/p+2/t14-/m1/s1. The number of nitrogens with two attached hydrogens (primary N) is 1. The van der Waals surface area contributed by atoms with Gasteiger partial charge in [-0.2, -0.15) is 0 Å². The van der Waals surface area contributed by atoms with E-state index in [2.05, 4.69) is 0 Å². The third kappa shape index (κ3) is 3.64. The summed E-state index contributed by atoms with van der Waals surface area (Å²) in [5, 5.41) is 0. The largest absolute Gasteiger partial charge is 0.497 e. The van der Waals surface area contributed by atoms with Crippen molar-refractivity contribution in [1.29, 1.82) is 0 Å². The number of anilines is 1. The zero-order valence-electron chi connectivity index (χ0n) is 14.3. The second kappa shape index (κ2) is 7.20. The van der Waals surface area contributed by atoms with Crippen LogP contribution in [-0.2, 0) is 14.4 Å². The Bertz CT molecular complexity index is 685. The van der Waals surface area contributed by atoms with Gasteiger partial charge in [-0.15, -0.1) is 0 Å². The zero-order chi connectivity index (χ0) is 18.0. The first-order valence-electron chi connectivity index (χ1n) is 8.47. The number of ether oxygens (including phenoxy) is 1. The highest BCUT2D eigenvalue weighted by Crippen LogP contribution is 2.25. The van der Waals surface area contributed by atoms with Crippen LogP contribution in [0.1, 0.15) is 6.42 Å². The summed E-state index contributed by atoms with van der Waals surface area (Å²) in [4.78, 5) is 39.8. The highest BCUT2D eigenvalue weighted by Gasteiger charge is 2.47. The van der Waals surface area contributed by atoms with Crippen molar-refractivity contribution in [2.45, 2.75) is 12.5 Å². The molecule has 134 valence electrons. The molecule has 0 saturated carbocycles. The molecule has 25 heavy (non-hydrogen) atoms. The number of amides is 3. The molecule has 2 aliphatic rings. The molecule has 1 atom stereocenters. The SMILES string of the molecule is COc1cccc(N2C(=O)C[C@@H]([NH+]3CC[NH+](CC(N)=O)CC3)C2=O)c1. The Balaban J connectivity index is 1.68. The Labute approximate surface area is 146 Å². The first-order valence-corrected chi connectivity index (χ1v) is 8.47. The number of carbonyl (C=O) groups is 3. The highest BCUT2D eigenvalue weighted by molar-refractivity contribution is 6.21. The van der Waals surface area contributed by atoms with Crippen molar-refractivity contribution in [2.75, 3.05) is 44.7 Å². The minimum atomic E-state index is -0.353. The summed E-state index contributed by atoms with van der Waals surface area (Å²) in [6.07, 6.45) is 0.219. The molecule has 0 unspecified atom stereocenters. The van der Waals surface area contributed by atoms with Crippen LogP contribution in [0.15, 0.2) is 24.3 Å². The Hall–Kier alpha value is -2.45. The molecule has 2 aliphatic heterocycles. The van der Waals surface area contributed by atoms with E-state index in [9.17, 15) is 14.4 Å². The number of quaternary nitrogens is 2. The van der Waals surface area contributed by atoms with E-state index in [0.717, 1.165) is 36.0 Å². The smallest absolute Gasteiger partial charge is 0.292 e. The van der Waals surface area contributed by atoms with E-state index in [1.54, 1.807) is 31.4 Å². The normalized spacial score (nSPS) is 26.8. The summed E-state index contributed by atoms with van der Waals surface area (Å²) in [6.45, 7) is 3.36. The van der Waals surface area contributed by atoms with Gasteiger partial charge in [0.2, 0.25) is 5.91 Å². The van der Waals surface area contributed by atoms with Crippen LogP contribution in [0.4, 0.5) is 5.69 Å². The van der Waals surface area contributed by atoms with Gasteiger partial charge in [-0.25, -0.2) is 4.90 Å². The fourth-order valence-electron chi connectivity index (χ4n) is 3.67. The molecule has 0 spiro atoms. The van der Waals surface area contributed by atoms with Crippen LogP contribution in [0.2, 0.25) is 0 Å². The summed E-state index contributed by atoms with van der Waals surface area (Å²) < 4.78 is 5.18. The summed E-state index contributed by atoms with van der Waals surface area (Å²) in [6, 6.07) is 6.63. The predicted molar refractivity (Wildman–Crippen MR) is 89.3 cm³/mol. The third-order valence-electron chi connectivity index (χ3n) is 4.97. The fourth-order valence-corrected chi connectivity index (χ4v) is 3.67. The van der Waals surface area contributed by atoms with Crippen molar-refractivity contribution in [2.24, 2.45) is 5.73 Å². The first-order chi connectivity index (χ1) is 12.0. The van der Waals surface area contributed by atoms with E-state index in [1.165, 1.54) is 4.90 Å². The van der Waals surface area contributed by atoms with Crippen LogP contribution in [0.25, 0.3) is 0 Å². The van der Waals surface area contributed by atoms with Gasteiger partial charge in [0.25, 0.3) is 11.8 Å². The van der Waals surface area contributed by atoms with E-state index in [1.807, 2.05) is 0 Å². The van der Waals surface area contributed by atoms with Gasteiger partial charge in [-0.05, 0) is 12.1 Å². The number of rotatable bonds is 5. The molecule has 2 heterocycles. The zero-order valence-corrected chi connectivity index (χ0v) is 14.3. The van der Waals surface area contributed by atoms with Crippen molar-refractivity contribution >= 4 is 23.4 Å². The van der Waals surface area contributed by atoms with Gasteiger partial charge >= 0.3 is 0 Å². The number of primary amides is 1. The average Bonchev–Trinajstić information content (AvgIpc) is 2.89. The molecular formula is C17H24N4O4+2. The number of hydrogen-bond acceptors (Lipinski definition) is 4. The molecule has 4 N–H and O–H groups in total. The number of hydrogen-bond donors (Lipinski definition) is 3. The molecule has 8 heteroatoms. The van der Waals surface area contributed by atoms with E-state index >= 15 is 0 Å². The van der Waals surface area contributed by atoms with Crippen molar-refractivity contribution in [1.82, 2.24) is 0 Å². The van der Waals surface area contributed by atoms with Gasteiger partial charge in [0.1, 0.15) is 31.9 Å². The van der Waals surface area contributed by atoms with Gasteiger partial charge in [-0.3, -0.25) is 14.4 Å². The van der Waals surface area contributed by atoms with E-state index in [-0.39, 0.29) is 30.2 Å². The van der Waals surface area contributed by atoms with Gasteiger partial charge in [-0.1, -0.05) is 6.07 Å². The molecule has 3 amide bonds. The Kier molecular flexibility index (Phi) is 5.00. The molecule has 1 aromatic rings. The predicted octanol–water partition coefficient (Wildman–Crippen LogP) is -3.40. The van der Waals surface area contributed by atoms with Crippen LogP contribution in [0, 0.1) is 0 Å². The lowest BCUT2D eigenvalue weighted by Crippen LogP contribution is -3.30. The molecule has 0 radical (unpaired) electrons. The Morgan fingerprint density at radius 1 is 1.28 bits per heavy atom. The molecule has 0 aromatic heterocycles. The third-order valence-corrected chi connectivity index (χ3v) is 4.97. The lowest BCUT2D eigenvalue weighted by Gasteiger charge is -2.31. The number of methoxy groups -OCH3 is 1. The van der Waals surface area contributed by atoms with Crippen LogP contribution in [0.5, 0.6) is 5.75 Å². The minimum Gasteiger partial charge on any atom is -0.497 e. The Morgan fingerprint density at radius 2 is 2.00 bits per heavy atom. The average molecular weight is 348 g/mol. The van der Waals surface area contributed by atoms with Crippen LogP contribution in [-0.4, -0.2) is 63.6 Å². The minimum absolute atomic E-state index is 0.161. The van der Waals surface area contributed by atoms with Gasteiger partial charge in [0, 0.05) is 6.07 Å². The highest BCUT2D eigenvalue weighted by atomic mass is 16.5. The monoisotopic (exact) mass is 348 g/mol. The lowest BCUT2D eigenvalue weighted by atomic mass is 10.1. The van der Waals surface area contributed by atoms with Crippen LogP contribution in [0.3, 0.4) is 0 Å². The number of nitrogens with zero attached hydrogens (tertiary/aromatic N) is 1. The van der Waals surface area contributed by atoms with Crippen molar-refractivity contribution in [3.8, 4) is 5.75 Å². The number of benzene rings is 1. The van der Waals surface area contributed by atoms with Gasteiger partial charge in [0.15, 0.2) is 12.6 Å². The van der Waals surface area contributed by atoms with Gasteiger partial charge in [0.05, 0.1) is 19.2 Å². The van der Waals surface area contributed by atoms with E-state index < -0.39 is 0 Å². The maximum atomic E-state index is 12.8. The summed E-state index contributed by atoms with van der Waals surface area (Å²) >= 11 is 0. The molecule has 1 aromatic carbocycles. The second-order valence-electron chi connectivity index (χ2n) is 6.58. The van der Waals surface area contributed by atoms with Crippen molar-refractivity contribution in [3.63, 3.8) is 0 Å².